The quantitative estimate of drug-likeness (QED) is 0.182. The van der Waals surface area contributed by atoms with Crippen LogP contribution in [0.2, 0.25) is 0 Å². The number of hydrogen-bond donors (Lipinski definition) is 0. The van der Waals surface area contributed by atoms with E-state index in [1.165, 1.54) is 40.6 Å². The van der Waals surface area contributed by atoms with E-state index in [1.807, 2.05) is 40.9 Å². The van der Waals surface area contributed by atoms with E-state index in [0.717, 1.165) is 34.9 Å². The third-order valence-electron chi connectivity index (χ3n) is 8.44. The first-order valence-corrected chi connectivity index (χ1v) is 16.8. The van der Waals surface area contributed by atoms with E-state index in [2.05, 4.69) is 142 Å². The molecule has 7 heteroatoms. The molecule has 9 rings (SSSR count). The maximum absolute atomic E-state index is 6.45. The fourth-order valence-electron chi connectivity index (χ4n) is 6.36. The van der Waals surface area contributed by atoms with Crippen LogP contribution in [0.25, 0.3) is 40.3 Å². The lowest BCUT2D eigenvalue weighted by atomic mass is 10.1. The smallest absolute Gasteiger partial charge is 0.219 e. The number of thiophene rings is 2. The highest BCUT2D eigenvalue weighted by atomic mass is 32.1. The standard InChI is InChI=1S/C39H28N4OS2/c1-41-19-20-42(25-41)33-22-27(21-31-29-13-5-7-15-35(29)45-38(31)33)43(26-11-3-2-4-12-26)34-24-28(44-37-17-9-10-18-40-37)23-32-30-14-6-8-16-36(30)46-39(32)34/h2-24H,25H2,1H3. The average molecular weight is 633 g/mol. The summed E-state index contributed by atoms with van der Waals surface area (Å²) in [6.45, 7) is 0.798. The summed E-state index contributed by atoms with van der Waals surface area (Å²) in [7, 11) is 2.12. The lowest BCUT2D eigenvalue weighted by molar-refractivity contribution is 0.464. The number of aromatic nitrogens is 1. The summed E-state index contributed by atoms with van der Waals surface area (Å²) < 4.78 is 11.5. The zero-order valence-corrected chi connectivity index (χ0v) is 26.6. The van der Waals surface area contributed by atoms with Gasteiger partial charge in [0.05, 0.1) is 27.4 Å². The number of hydrogen-bond acceptors (Lipinski definition) is 7. The molecule has 0 aliphatic carbocycles. The summed E-state index contributed by atoms with van der Waals surface area (Å²) in [5.41, 5.74) is 4.43. The maximum atomic E-state index is 6.45. The predicted molar refractivity (Wildman–Crippen MR) is 195 cm³/mol. The van der Waals surface area contributed by atoms with Gasteiger partial charge in [-0.05, 0) is 48.5 Å². The molecule has 222 valence electrons. The van der Waals surface area contributed by atoms with Crippen molar-refractivity contribution in [2.45, 2.75) is 0 Å². The molecule has 0 saturated heterocycles. The van der Waals surface area contributed by atoms with Gasteiger partial charge in [-0.1, -0.05) is 60.7 Å². The lowest BCUT2D eigenvalue weighted by Crippen LogP contribution is -2.22. The van der Waals surface area contributed by atoms with Crippen LogP contribution in [0.1, 0.15) is 0 Å². The first-order chi connectivity index (χ1) is 22.7. The molecule has 0 spiro atoms. The van der Waals surface area contributed by atoms with Crippen molar-refractivity contribution in [3.8, 4) is 11.6 Å². The number of benzene rings is 5. The van der Waals surface area contributed by atoms with Gasteiger partial charge in [0.25, 0.3) is 0 Å². The maximum Gasteiger partial charge on any atom is 0.219 e. The zero-order chi connectivity index (χ0) is 30.6. The summed E-state index contributed by atoms with van der Waals surface area (Å²) in [5.74, 6) is 1.31. The van der Waals surface area contributed by atoms with Crippen LogP contribution in [0.3, 0.4) is 0 Å². The predicted octanol–water partition coefficient (Wildman–Crippen LogP) is 11.3. The normalized spacial score (nSPS) is 13.1. The van der Waals surface area contributed by atoms with E-state index < -0.39 is 0 Å². The van der Waals surface area contributed by atoms with Gasteiger partial charge in [0.1, 0.15) is 5.75 Å². The summed E-state index contributed by atoms with van der Waals surface area (Å²) in [4.78, 5) is 11.4. The first-order valence-electron chi connectivity index (χ1n) is 15.2. The van der Waals surface area contributed by atoms with Crippen LogP contribution in [0.15, 0.2) is 140 Å². The van der Waals surface area contributed by atoms with Gasteiger partial charge in [0, 0.05) is 80.1 Å². The monoisotopic (exact) mass is 632 g/mol. The zero-order valence-electron chi connectivity index (χ0n) is 25.0. The van der Waals surface area contributed by atoms with Crippen molar-refractivity contribution in [1.29, 1.82) is 0 Å². The molecule has 1 aliphatic heterocycles. The largest absolute Gasteiger partial charge is 0.439 e. The van der Waals surface area contributed by atoms with Crippen LogP contribution in [0.5, 0.6) is 11.6 Å². The Morgan fingerprint density at radius 1 is 0.652 bits per heavy atom. The summed E-state index contributed by atoms with van der Waals surface area (Å²) in [6, 6.07) is 42.8. The Balaban J connectivity index is 1.35. The van der Waals surface area contributed by atoms with Crippen molar-refractivity contribution in [3.63, 3.8) is 0 Å². The third-order valence-corrected chi connectivity index (χ3v) is 10.9. The minimum atomic E-state index is 0.567. The molecule has 5 nitrogen and oxygen atoms in total. The number of anilines is 4. The molecule has 0 amide bonds. The minimum absolute atomic E-state index is 0.567. The van der Waals surface area contributed by atoms with E-state index in [-0.39, 0.29) is 0 Å². The Morgan fingerprint density at radius 2 is 1.35 bits per heavy atom. The summed E-state index contributed by atoms with van der Waals surface area (Å²) in [5, 5.41) is 4.91. The van der Waals surface area contributed by atoms with Gasteiger partial charge < -0.3 is 19.4 Å². The first kappa shape index (κ1) is 27.0. The van der Waals surface area contributed by atoms with Gasteiger partial charge in [0.15, 0.2) is 0 Å². The van der Waals surface area contributed by atoms with Crippen LogP contribution in [0.4, 0.5) is 22.7 Å². The molecular formula is C39H28N4OS2. The van der Waals surface area contributed by atoms with Crippen molar-refractivity contribution in [3.05, 3.63) is 140 Å². The Bertz CT molecular complexity index is 2420. The molecule has 0 saturated carbocycles. The van der Waals surface area contributed by atoms with Crippen molar-refractivity contribution in [2.75, 3.05) is 23.5 Å². The highest BCUT2D eigenvalue weighted by molar-refractivity contribution is 7.26. The molecule has 0 atom stereocenters. The molecule has 0 N–H and O–H groups in total. The van der Waals surface area contributed by atoms with Gasteiger partial charge >= 0.3 is 0 Å². The fourth-order valence-corrected chi connectivity index (χ4v) is 8.76. The topological polar surface area (TPSA) is 31.8 Å². The lowest BCUT2D eigenvalue weighted by Gasteiger charge is -2.28. The highest BCUT2D eigenvalue weighted by Gasteiger charge is 2.24. The van der Waals surface area contributed by atoms with E-state index in [1.54, 1.807) is 6.20 Å². The second-order valence-corrected chi connectivity index (χ2v) is 13.6. The summed E-state index contributed by atoms with van der Waals surface area (Å²) >= 11 is 3.68. The molecule has 0 unspecified atom stereocenters. The van der Waals surface area contributed by atoms with Crippen LogP contribution < -0.4 is 14.5 Å². The summed E-state index contributed by atoms with van der Waals surface area (Å²) in [6.07, 6.45) is 6.08. The molecular weight excluding hydrogens is 605 g/mol. The number of para-hydroxylation sites is 1. The second-order valence-electron chi connectivity index (χ2n) is 11.5. The van der Waals surface area contributed by atoms with Crippen LogP contribution in [0, 0.1) is 0 Å². The molecule has 0 radical (unpaired) electrons. The van der Waals surface area contributed by atoms with Crippen molar-refractivity contribution in [1.82, 2.24) is 9.88 Å². The Hall–Kier alpha value is -5.37. The van der Waals surface area contributed by atoms with Crippen LogP contribution in [-0.4, -0.2) is 23.6 Å². The number of nitrogens with zero attached hydrogens (tertiary/aromatic N) is 4. The molecule has 0 fully saturated rings. The SMILES string of the molecule is CN1C=CN(c2cc(N(c3ccccc3)c3cc(Oc4ccccn4)cc4c3sc3ccccc34)cc3c2sc2ccccc23)C1. The third kappa shape index (κ3) is 4.55. The van der Waals surface area contributed by atoms with Crippen molar-refractivity contribution < 1.29 is 4.74 Å². The van der Waals surface area contributed by atoms with E-state index >= 15 is 0 Å². The Morgan fingerprint density at radius 3 is 2.07 bits per heavy atom. The van der Waals surface area contributed by atoms with Gasteiger partial charge in [-0.15, -0.1) is 22.7 Å². The van der Waals surface area contributed by atoms with Crippen LogP contribution in [-0.2, 0) is 0 Å². The number of pyridine rings is 1. The van der Waals surface area contributed by atoms with Gasteiger partial charge in [-0.2, -0.15) is 0 Å². The molecule has 0 bridgehead atoms. The Kier molecular flexibility index (Phi) is 6.40. The highest BCUT2D eigenvalue weighted by Crippen LogP contribution is 2.50. The average Bonchev–Trinajstić information content (AvgIpc) is 3.81. The van der Waals surface area contributed by atoms with Gasteiger partial charge in [-0.25, -0.2) is 4.98 Å². The molecule has 8 aromatic rings. The van der Waals surface area contributed by atoms with Crippen LogP contribution >= 0.6 is 22.7 Å². The molecule has 46 heavy (non-hydrogen) atoms. The Labute approximate surface area is 274 Å². The second kappa shape index (κ2) is 10.9. The number of fused-ring (bicyclic) bond motifs is 6. The molecule has 5 aromatic carbocycles. The van der Waals surface area contributed by atoms with Crippen molar-refractivity contribution in [2.24, 2.45) is 0 Å². The van der Waals surface area contributed by atoms with Crippen molar-refractivity contribution >= 4 is 85.8 Å². The number of ether oxygens (including phenoxy) is 1. The van der Waals surface area contributed by atoms with Gasteiger partial charge in [0.2, 0.25) is 5.88 Å². The minimum Gasteiger partial charge on any atom is -0.439 e. The molecule has 4 heterocycles. The molecule has 1 aliphatic rings. The van der Waals surface area contributed by atoms with E-state index in [9.17, 15) is 0 Å². The number of rotatable bonds is 6. The fraction of sp³-hybridized carbons (Fsp3) is 0.0513. The van der Waals surface area contributed by atoms with E-state index in [0.29, 0.717) is 5.88 Å². The van der Waals surface area contributed by atoms with Gasteiger partial charge in [-0.3, -0.25) is 0 Å². The van der Waals surface area contributed by atoms with E-state index in [4.69, 9.17) is 4.74 Å². The molecule has 3 aromatic heterocycles.